The number of anilines is 1. The van der Waals surface area contributed by atoms with Crippen LogP contribution in [0, 0.1) is 6.92 Å². The summed E-state index contributed by atoms with van der Waals surface area (Å²) >= 11 is 0. The number of benzene rings is 2. The molecule has 0 bridgehead atoms. The van der Waals surface area contributed by atoms with Gasteiger partial charge in [0.15, 0.2) is 17.3 Å². The van der Waals surface area contributed by atoms with Crippen LogP contribution in [0.1, 0.15) is 33.2 Å². The minimum absolute atomic E-state index is 0.0995. The van der Waals surface area contributed by atoms with Gasteiger partial charge in [-0.25, -0.2) is 0 Å². The van der Waals surface area contributed by atoms with Crippen LogP contribution in [0.15, 0.2) is 54.9 Å². The fourth-order valence-corrected chi connectivity index (χ4v) is 3.06. The van der Waals surface area contributed by atoms with E-state index in [2.05, 4.69) is 5.32 Å². The van der Waals surface area contributed by atoms with Crippen LogP contribution in [-0.2, 0) is 0 Å². The van der Waals surface area contributed by atoms with Gasteiger partial charge in [-0.1, -0.05) is 6.07 Å². The third kappa shape index (κ3) is 3.17. The summed E-state index contributed by atoms with van der Waals surface area (Å²) in [5.41, 5.74) is 3.25. The van der Waals surface area contributed by atoms with Crippen LogP contribution >= 0.6 is 0 Å². The third-order valence-corrected chi connectivity index (χ3v) is 4.49. The molecule has 4 rings (SSSR count). The van der Waals surface area contributed by atoms with E-state index in [1.54, 1.807) is 18.2 Å². The standard InChI is InChI=1S/C21H18N2O4/c1-13-5-6-15(9-18(13)23-7-3-4-8-23)21(25)22-17-11-20-19(26-12-27-20)10-16(17)14(2)24/h3-11H,12H2,1-2H3,(H,22,25). The molecule has 1 aliphatic heterocycles. The number of nitrogens with one attached hydrogen (secondary N) is 1. The number of ether oxygens (including phenoxy) is 2. The van der Waals surface area contributed by atoms with Crippen LogP contribution in [0.3, 0.4) is 0 Å². The fraction of sp³-hybridized carbons (Fsp3) is 0.143. The van der Waals surface area contributed by atoms with Gasteiger partial charge in [0.2, 0.25) is 6.79 Å². The minimum atomic E-state index is -0.301. The Morgan fingerprint density at radius 2 is 1.74 bits per heavy atom. The highest BCUT2D eigenvalue weighted by Crippen LogP contribution is 2.37. The van der Waals surface area contributed by atoms with Crippen molar-refractivity contribution in [1.29, 1.82) is 0 Å². The number of hydrogen-bond donors (Lipinski definition) is 1. The van der Waals surface area contributed by atoms with Crippen molar-refractivity contribution in [3.63, 3.8) is 0 Å². The lowest BCUT2D eigenvalue weighted by molar-refractivity contribution is 0.101. The van der Waals surface area contributed by atoms with Gasteiger partial charge in [-0.2, -0.15) is 0 Å². The third-order valence-electron chi connectivity index (χ3n) is 4.49. The average molecular weight is 362 g/mol. The number of nitrogens with zero attached hydrogens (tertiary/aromatic N) is 1. The largest absolute Gasteiger partial charge is 0.454 e. The number of amides is 1. The number of carbonyl (C=O) groups is 2. The van der Waals surface area contributed by atoms with Crippen LogP contribution in [0.25, 0.3) is 5.69 Å². The molecule has 0 radical (unpaired) electrons. The van der Waals surface area contributed by atoms with E-state index in [0.717, 1.165) is 11.3 Å². The molecule has 27 heavy (non-hydrogen) atoms. The Labute approximate surface area is 156 Å². The van der Waals surface area contributed by atoms with E-state index in [1.165, 1.54) is 6.92 Å². The van der Waals surface area contributed by atoms with Crippen LogP contribution < -0.4 is 14.8 Å². The highest BCUT2D eigenvalue weighted by atomic mass is 16.7. The maximum absolute atomic E-state index is 12.8. The molecule has 3 aromatic rings. The van der Waals surface area contributed by atoms with Gasteiger partial charge in [0.1, 0.15) is 0 Å². The summed E-state index contributed by atoms with van der Waals surface area (Å²) in [4.78, 5) is 24.8. The molecule has 0 saturated carbocycles. The zero-order chi connectivity index (χ0) is 19.0. The molecule has 0 atom stereocenters. The molecule has 136 valence electrons. The van der Waals surface area contributed by atoms with E-state index in [-0.39, 0.29) is 18.5 Å². The second kappa shape index (κ2) is 6.64. The summed E-state index contributed by atoms with van der Waals surface area (Å²) in [6, 6.07) is 12.6. The SMILES string of the molecule is CC(=O)c1cc2c(cc1NC(=O)c1ccc(C)c(-n3cccc3)c1)OCO2. The number of aromatic nitrogens is 1. The van der Waals surface area contributed by atoms with Gasteiger partial charge in [-0.05, 0) is 49.7 Å². The number of carbonyl (C=O) groups excluding carboxylic acids is 2. The predicted molar refractivity (Wildman–Crippen MR) is 101 cm³/mol. The van der Waals surface area contributed by atoms with Gasteiger partial charge in [0.25, 0.3) is 5.91 Å². The molecule has 1 aliphatic rings. The summed E-state index contributed by atoms with van der Waals surface area (Å²) < 4.78 is 12.6. The molecule has 2 heterocycles. The Kier molecular flexibility index (Phi) is 4.16. The van der Waals surface area contributed by atoms with Crippen molar-refractivity contribution < 1.29 is 19.1 Å². The van der Waals surface area contributed by atoms with Gasteiger partial charge in [0, 0.05) is 35.3 Å². The molecule has 1 N–H and O–H groups in total. The van der Waals surface area contributed by atoms with Gasteiger partial charge >= 0.3 is 0 Å². The Balaban J connectivity index is 1.67. The molecule has 0 spiro atoms. The molecule has 2 aromatic carbocycles. The molecular formula is C21H18N2O4. The van der Waals surface area contributed by atoms with E-state index in [1.807, 2.05) is 48.1 Å². The summed E-state index contributed by atoms with van der Waals surface area (Å²) in [5.74, 6) is 0.543. The molecule has 1 aromatic heterocycles. The number of ketones is 1. The second-order valence-electron chi connectivity index (χ2n) is 6.35. The average Bonchev–Trinajstić information content (AvgIpc) is 3.32. The lowest BCUT2D eigenvalue weighted by Gasteiger charge is -2.13. The number of fused-ring (bicyclic) bond motifs is 1. The zero-order valence-electron chi connectivity index (χ0n) is 15.0. The maximum Gasteiger partial charge on any atom is 0.255 e. The van der Waals surface area contributed by atoms with Gasteiger partial charge in [0.05, 0.1) is 5.69 Å². The first kappa shape index (κ1) is 16.9. The summed E-state index contributed by atoms with van der Waals surface area (Å²) in [6.45, 7) is 3.54. The molecule has 6 heteroatoms. The molecule has 1 amide bonds. The van der Waals surface area contributed by atoms with Crippen LogP contribution in [0.4, 0.5) is 5.69 Å². The molecular weight excluding hydrogens is 344 g/mol. The van der Waals surface area contributed by atoms with E-state index in [9.17, 15) is 9.59 Å². The monoisotopic (exact) mass is 362 g/mol. The van der Waals surface area contributed by atoms with E-state index >= 15 is 0 Å². The Morgan fingerprint density at radius 1 is 1.04 bits per heavy atom. The number of aryl methyl sites for hydroxylation is 1. The minimum Gasteiger partial charge on any atom is -0.454 e. The summed E-state index contributed by atoms with van der Waals surface area (Å²) in [7, 11) is 0. The maximum atomic E-state index is 12.8. The van der Waals surface area contributed by atoms with Crippen molar-refractivity contribution >= 4 is 17.4 Å². The van der Waals surface area contributed by atoms with E-state index in [4.69, 9.17) is 9.47 Å². The van der Waals surface area contributed by atoms with Crippen molar-refractivity contribution in [1.82, 2.24) is 4.57 Å². The van der Waals surface area contributed by atoms with Crippen LogP contribution in [-0.4, -0.2) is 23.1 Å². The summed E-state index contributed by atoms with van der Waals surface area (Å²) in [5, 5.41) is 2.83. The highest BCUT2D eigenvalue weighted by molar-refractivity contribution is 6.09. The van der Waals surface area contributed by atoms with Crippen LogP contribution in [0.5, 0.6) is 11.5 Å². The van der Waals surface area contributed by atoms with Gasteiger partial charge in [-0.15, -0.1) is 0 Å². The smallest absolute Gasteiger partial charge is 0.255 e. The topological polar surface area (TPSA) is 69.6 Å². The van der Waals surface area contributed by atoms with Crippen molar-refractivity contribution in [3.8, 4) is 17.2 Å². The highest BCUT2D eigenvalue weighted by Gasteiger charge is 2.21. The normalized spacial score (nSPS) is 12.1. The van der Waals surface area contributed by atoms with Crippen LogP contribution in [0.2, 0.25) is 0 Å². The number of Topliss-reactive ketones (excluding diaryl/α,β-unsaturated/α-hetero) is 1. The van der Waals surface area contributed by atoms with E-state index < -0.39 is 0 Å². The summed E-state index contributed by atoms with van der Waals surface area (Å²) in [6.07, 6.45) is 3.85. The Morgan fingerprint density at radius 3 is 2.44 bits per heavy atom. The lowest BCUT2D eigenvalue weighted by Crippen LogP contribution is -2.15. The lowest BCUT2D eigenvalue weighted by atomic mass is 10.1. The van der Waals surface area contributed by atoms with Gasteiger partial charge < -0.3 is 19.4 Å². The fourth-order valence-electron chi connectivity index (χ4n) is 3.06. The molecule has 6 nitrogen and oxygen atoms in total. The first-order valence-electron chi connectivity index (χ1n) is 8.53. The molecule has 0 fully saturated rings. The van der Waals surface area contributed by atoms with E-state index in [0.29, 0.717) is 28.3 Å². The molecule has 0 saturated heterocycles. The first-order chi connectivity index (χ1) is 13.0. The second-order valence-corrected chi connectivity index (χ2v) is 6.35. The number of rotatable bonds is 4. The van der Waals surface area contributed by atoms with Crippen molar-refractivity contribution in [3.05, 3.63) is 71.5 Å². The quantitative estimate of drug-likeness (QED) is 0.713. The zero-order valence-corrected chi connectivity index (χ0v) is 15.0. The van der Waals surface area contributed by atoms with Crippen molar-refractivity contribution in [2.24, 2.45) is 0 Å². The first-order valence-corrected chi connectivity index (χ1v) is 8.53. The Hall–Kier alpha value is -3.54. The Bertz CT molecular complexity index is 1040. The van der Waals surface area contributed by atoms with Crippen molar-refractivity contribution in [2.75, 3.05) is 12.1 Å². The van der Waals surface area contributed by atoms with Gasteiger partial charge in [-0.3, -0.25) is 9.59 Å². The van der Waals surface area contributed by atoms with Crippen molar-refractivity contribution in [2.45, 2.75) is 13.8 Å². The molecule has 0 unspecified atom stereocenters. The molecule has 0 aliphatic carbocycles. The predicted octanol–water partition coefficient (Wildman–Crippen LogP) is 3.97. The number of hydrogen-bond acceptors (Lipinski definition) is 4.